The van der Waals surface area contributed by atoms with Crippen molar-refractivity contribution in [2.24, 2.45) is 7.05 Å². The second-order valence-corrected chi connectivity index (χ2v) is 5.65. The van der Waals surface area contributed by atoms with Gasteiger partial charge in [-0.2, -0.15) is 5.10 Å². The van der Waals surface area contributed by atoms with Crippen LogP contribution in [0.4, 0.5) is 5.69 Å². The molecule has 0 saturated heterocycles. The second kappa shape index (κ2) is 7.17. The predicted octanol–water partition coefficient (Wildman–Crippen LogP) is 2.51. The molecule has 0 unspecified atom stereocenters. The van der Waals surface area contributed by atoms with E-state index in [0.717, 1.165) is 10.6 Å². The van der Waals surface area contributed by atoms with Gasteiger partial charge in [0.05, 0.1) is 11.4 Å². The summed E-state index contributed by atoms with van der Waals surface area (Å²) in [5.74, 6) is 0.282. The summed E-state index contributed by atoms with van der Waals surface area (Å²) >= 11 is 1.64. The molecule has 1 heterocycles. The number of anilines is 1. The van der Waals surface area contributed by atoms with Gasteiger partial charge in [-0.1, -0.05) is 25.1 Å². The Morgan fingerprint density at radius 3 is 2.71 bits per heavy atom. The number of rotatable bonds is 6. The molecule has 0 aliphatic heterocycles. The van der Waals surface area contributed by atoms with E-state index >= 15 is 0 Å². The zero-order valence-electron chi connectivity index (χ0n) is 12.2. The Morgan fingerprint density at radius 1 is 1.38 bits per heavy atom. The van der Waals surface area contributed by atoms with Crippen LogP contribution < -0.4 is 5.73 Å². The van der Waals surface area contributed by atoms with E-state index in [1.54, 1.807) is 18.8 Å². The average molecular weight is 305 g/mol. The maximum absolute atomic E-state index is 12.1. The SMILES string of the molecule is CCc1nn(C)c(C(=O)OCCSc2ccccc2)c1N. The molecule has 2 aromatic rings. The van der Waals surface area contributed by atoms with Gasteiger partial charge in [-0.15, -0.1) is 11.8 Å². The standard InChI is InChI=1S/C15H19N3O2S/c1-3-12-13(16)14(18(2)17-12)15(19)20-9-10-21-11-7-5-4-6-8-11/h4-8H,3,9-10,16H2,1-2H3. The zero-order chi connectivity index (χ0) is 15.2. The van der Waals surface area contributed by atoms with Crippen LogP contribution in [0.3, 0.4) is 0 Å². The van der Waals surface area contributed by atoms with E-state index in [0.29, 0.717) is 30.2 Å². The molecule has 6 heteroatoms. The molecule has 0 amide bonds. The molecular formula is C15H19N3O2S. The minimum absolute atomic E-state index is 0.330. The van der Waals surface area contributed by atoms with Crippen molar-refractivity contribution in [2.45, 2.75) is 18.2 Å². The molecule has 0 spiro atoms. The van der Waals surface area contributed by atoms with Gasteiger partial charge in [-0.05, 0) is 18.6 Å². The van der Waals surface area contributed by atoms with Gasteiger partial charge in [0.25, 0.3) is 0 Å². The number of benzene rings is 1. The molecule has 0 saturated carbocycles. The first-order valence-electron chi connectivity index (χ1n) is 6.79. The van der Waals surface area contributed by atoms with Crippen LogP contribution in [0.5, 0.6) is 0 Å². The van der Waals surface area contributed by atoms with E-state index in [2.05, 4.69) is 5.10 Å². The minimum Gasteiger partial charge on any atom is -0.460 e. The average Bonchev–Trinajstić information content (AvgIpc) is 2.79. The number of carbonyl (C=O) groups is 1. The summed E-state index contributed by atoms with van der Waals surface area (Å²) in [5, 5.41) is 4.21. The summed E-state index contributed by atoms with van der Waals surface area (Å²) in [6.07, 6.45) is 0.691. The molecule has 112 valence electrons. The Hall–Kier alpha value is -1.95. The number of nitrogen functional groups attached to an aromatic ring is 1. The number of aryl methyl sites for hydroxylation is 2. The van der Waals surface area contributed by atoms with Crippen molar-refractivity contribution < 1.29 is 9.53 Å². The third-order valence-corrected chi connectivity index (χ3v) is 3.99. The number of carbonyl (C=O) groups excluding carboxylic acids is 1. The number of esters is 1. The summed E-state index contributed by atoms with van der Waals surface area (Å²) in [4.78, 5) is 13.2. The first-order valence-corrected chi connectivity index (χ1v) is 7.78. The number of thioether (sulfide) groups is 1. The highest BCUT2D eigenvalue weighted by Crippen LogP contribution is 2.19. The van der Waals surface area contributed by atoms with Gasteiger partial charge in [-0.25, -0.2) is 4.79 Å². The van der Waals surface area contributed by atoms with Gasteiger partial charge in [0, 0.05) is 17.7 Å². The predicted molar refractivity (Wildman–Crippen MR) is 84.4 cm³/mol. The van der Waals surface area contributed by atoms with Crippen LogP contribution in [0, 0.1) is 0 Å². The lowest BCUT2D eigenvalue weighted by Gasteiger charge is -2.06. The molecule has 2 rings (SSSR count). The van der Waals surface area contributed by atoms with Crippen molar-refractivity contribution in [1.82, 2.24) is 9.78 Å². The van der Waals surface area contributed by atoms with Gasteiger partial charge in [0.2, 0.25) is 0 Å². The Balaban J connectivity index is 1.86. The van der Waals surface area contributed by atoms with Crippen molar-refractivity contribution >= 4 is 23.4 Å². The largest absolute Gasteiger partial charge is 0.460 e. The van der Waals surface area contributed by atoms with Crippen LogP contribution in [0.2, 0.25) is 0 Å². The van der Waals surface area contributed by atoms with Crippen LogP contribution in [0.25, 0.3) is 0 Å². The smallest absolute Gasteiger partial charge is 0.358 e. The Bertz CT molecular complexity index is 611. The highest BCUT2D eigenvalue weighted by atomic mass is 32.2. The first kappa shape index (κ1) is 15.4. The molecule has 0 atom stereocenters. The third kappa shape index (κ3) is 3.78. The van der Waals surface area contributed by atoms with E-state index in [9.17, 15) is 4.79 Å². The van der Waals surface area contributed by atoms with Crippen molar-refractivity contribution in [3.8, 4) is 0 Å². The molecule has 0 fully saturated rings. The first-order chi connectivity index (χ1) is 10.1. The molecule has 1 aromatic carbocycles. The highest BCUT2D eigenvalue weighted by Gasteiger charge is 2.20. The van der Waals surface area contributed by atoms with Crippen molar-refractivity contribution in [3.63, 3.8) is 0 Å². The van der Waals surface area contributed by atoms with Crippen molar-refractivity contribution in [2.75, 3.05) is 18.1 Å². The minimum atomic E-state index is -0.420. The number of nitrogens with two attached hydrogens (primary N) is 1. The fourth-order valence-electron chi connectivity index (χ4n) is 1.98. The van der Waals surface area contributed by atoms with Crippen LogP contribution >= 0.6 is 11.8 Å². The summed E-state index contributed by atoms with van der Waals surface area (Å²) in [7, 11) is 1.70. The number of ether oxygens (including phenoxy) is 1. The summed E-state index contributed by atoms with van der Waals surface area (Å²) < 4.78 is 6.76. The Morgan fingerprint density at radius 2 is 2.10 bits per heavy atom. The molecule has 5 nitrogen and oxygen atoms in total. The van der Waals surface area contributed by atoms with Crippen LogP contribution in [0.1, 0.15) is 23.1 Å². The molecule has 0 aliphatic carbocycles. The lowest BCUT2D eigenvalue weighted by atomic mass is 10.2. The van der Waals surface area contributed by atoms with Crippen LogP contribution in [-0.2, 0) is 18.2 Å². The lowest BCUT2D eigenvalue weighted by Crippen LogP contribution is -2.14. The number of hydrogen-bond donors (Lipinski definition) is 1. The van der Waals surface area contributed by atoms with Gasteiger partial charge >= 0.3 is 5.97 Å². The fourth-order valence-corrected chi connectivity index (χ4v) is 2.73. The molecule has 1 aromatic heterocycles. The Kier molecular flexibility index (Phi) is 5.27. The zero-order valence-corrected chi connectivity index (χ0v) is 13.0. The van der Waals surface area contributed by atoms with Gasteiger partial charge < -0.3 is 10.5 Å². The van der Waals surface area contributed by atoms with Crippen molar-refractivity contribution in [1.29, 1.82) is 0 Å². The van der Waals surface area contributed by atoms with Gasteiger partial charge in [0.15, 0.2) is 5.69 Å². The molecule has 0 bridgehead atoms. The third-order valence-electron chi connectivity index (χ3n) is 3.02. The van der Waals surface area contributed by atoms with Gasteiger partial charge in [-0.3, -0.25) is 4.68 Å². The van der Waals surface area contributed by atoms with E-state index in [4.69, 9.17) is 10.5 Å². The number of hydrogen-bond acceptors (Lipinski definition) is 5. The molecule has 0 radical (unpaired) electrons. The van der Waals surface area contributed by atoms with E-state index in [1.165, 1.54) is 4.68 Å². The second-order valence-electron chi connectivity index (χ2n) is 4.48. The lowest BCUT2D eigenvalue weighted by molar-refractivity contribution is 0.0519. The maximum Gasteiger partial charge on any atom is 0.358 e. The number of nitrogens with zero attached hydrogens (tertiary/aromatic N) is 2. The number of aromatic nitrogens is 2. The normalized spacial score (nSPS) is 10.6. The Labute approximate surface area is 128 Å². The van der Waals surface area contributed by atoms with E-state index < -0.39 is 5.97 Å². The molecular weight excluding hydrogens is 286 g/mol. The molecule has 21 heavy (non-hydrogen) atoms. The fraction of sp³-hybridized carbons (Fsp3) is 0.333. The monoisotopic (exact) mass is 305 g/mol. The van der Waals surface area contributed by atoms with Crippen LogP contribution in [-0.4, -0.2) is 28.1 Å². The van der Waals surface area contributed by atoms with Crippen LogP contribution in [0.15, 0.2) is 35.2 Å². The summed E-state index contributed by atoms with van der Waals surface area (Å²) in [6, 6.07) is 9.99. The summed E-state index contributed by atoms with van der Waals surface area (Å²) in [5.41, 5.74) is 7.39. The van der Waals surface area contributed by atoms with E-state index in [-0.39, 0.29) is 0 Å². The van der Waals surface area contributed by atoms with Crippen molar-refractivity contribution in [3.05, 3.63) is 41.7 Å². The van der Waals surface area contributed by atoms with E-state index in [1.807, 2.05) is 37.3 Å². The quantitative estimate of drug-likeness (QED) is 0.504. The van der Waals surface area contributed by atoms with Gasteiger partial charge in [0.1, 0.15) is 6.61 Å². The maximum atomic E-state index is 12.1. The topological polar surface area (TPSA) is 70.1 Å². The molecule has 0 aliphatic rings. The highest BCUT2D eigenvalue weighted by molar-refractivity contribution is 7.99. The molecule has 2 N–H and O–H groups in total. The summed E-state index contributed by atoms with van der Waals surface area (Å²) in [6.45, 7) is 2.29.